The van der Waals surface area contributed by atoms with Gasteiger partial charge in [-0.25, -0.2) is 0 Å². The molecule has 2 fully saturated rings. The summed E-state index contributed by atoms with van der Waals surface area (Å²) in [5.41, 5.74) is 0. The van der Waals surface area contributed by atoms with Crippen LogP contribution in [0.5, 0.6) is 0 Å². The average Bonchev–Trinajstić information content (AvgIpc) is 2.44. The Hall–Kier alpha value is -0.220. The molecule has 1 N–H and O–H groups in total. The van der Waals surface area contributed by atoms with Crippen molar-refractivity contribution in [1.29, 1.82) is 0 Å². The summed E-state index contributed by atoms with van der Waals surface area (Å²) in [7, 11) is 2.27. The van der Waals surface area contributed by atoms with Gasteiger partial charge in [0.2, 0.25) is 5.91 Å². The van der Waals surface area contributed by atoms with Gasteiger partial charge in [0.25, 0.3) is 0 Å². The van der Waals surface area contributed by atoms with Crippen LogP contribution in [0, 0.1) is 11.8 Å². The minimum atomic E-state index is 0.0381. The normalized spacial score (nSPS) is 26.1. The molecule has 1 aliphatic carbocycles. The quantitative estimate of drug-likeness (QED) is 0.635. The van der Waals surface area contributed by atoms with E-state index < -0.39 is 0 Å². The van der Waals surface area contributed by atoms with Gasteiger partial charge in [0.15, 0.2) is 0 Å². The highest BCUT2D eigenvalue weighted by molar-refractivity contribution is 7.97. The summed E-state index contributed by atoms with van der Waals surface area (Å²) in [6.07, 6.45) is 9.87. The van der Waals surface area contributed by atoms with Gasteiger partial charge in [0.1, 0.15) is 0 Å². The Balaban J connectivity index is 0.000000206. The molecule has 1 saturated carbocycles. The van der Waals surface area contributed by atoms with Crippen molar-refractivity contribution in [3.63, 3.8) is 0 Å². The van der Waals surface area contributed by atoms with Crippen LogP contribution >= 0.6 is 11.9 Å². The van der Waals surface area contributed by atoms with Gasteiger partial charge in [0.05, 0.1) is 0 Å². The molecule has 1 amide bonds. The van der Waals surface area contributed by atoms with E-state index >= 15 is 0 Å². The first-order valence-electron chi connectivity index (χ1n) is 8.20. The lowest BCUT2D eigenvalue weighted by Crippen LogP contribution is -2.39. The SMILES string of the molecule is CCCCSNC(C)=O.CN1CC[C@@H]2CCCCC2C1. The van der Waals surface area contributed by atoms with E-state index in [2.05, 4.69) is 23.6 Å². The van der Waals surface area contributed by atoms with Crippen LogP contribution in [-0.2, 0) is 4.79 Å². The number of amides is 1. The standard InChI is InChI=1S/C10H19N.C6H13NOS/c1-11-7-6-9-4-2-3-5-10(9)8-11;1-3-4-5-9-7-6(2)8/h9-10H,2-8H2,1H3;3-5H2,1-2H3,(H,7,8)/t9-,10?;/m0./s1. The Labute approximate surface area is 129 Å². The van der Waals surface area contributed by atoms with E-state index in [0.29, 0.717) is 0 Å². The molecule has 1 aliphatic heterocycles. The van der Waals surface area contributed by atoms with Crippen molar-refractivity contribution in [2.75, 3.05) is 25.9 Å². The highest BCUT2D eigenvalue weighted by Crippen LogP contribution is 2.35. The fourth-order valence-electron chi connectivity index (χ4n) is 3.15. The number of piperidine rings is 1. The lowest BCUT2D eigenvalue weighted by molar-refractivity contribution is -0.117. The second kappa shape index (κ2) is 10.5. The topological polar surface area (TPSA) is 32.3 Å². The van der Waals surface area contributed by atoms with Crippen molar-refractivity contribution < 1.29 is 4.79 Å². The van der Waals surface area contributed by atoms with Crippen molar-refractivity contribution in [1.82, 2.24) is 9.62 Å². The molecule has 1 unspecified atom stereocenters. The Bertz CT molecular complexity index is 273. The second-order valence-corrected chi connectivity index (χ2v) is 7.12. The van der Waals surface area contributed by atoms with Gasteiger partial charge in [0, 0.05) is 19.2 Å². The van der Waals surface area contributed by atoms with Crippen LogP contribution < -0.4 is 4.72 Å². The minimum Gasteiger partial charge on any atom is -0.306 e. The maximum Gasteiger partial charge on any atom is 0.226 e. The summed E-state index contributed by atoms with van der Waals surface area (Å²) in [4.78, 5) is 12.8. The Morgan fingerprint density at radius 3 is 2.60 bits per heavy atom. The van der Waals surface area contributed by atoms with Crippen LogP contribution in [0.4, 0.5) is 0 Å². The third kappa shape index (κ3) is 7.53. The van der Waals surface area contributed by atoms with E-state index in [1.54, 1.807) is 0 Å². The molecule has 2 rings (SSSR count). The van der Waals surface area contributed by atoms with E-state index in [4.69, 9.17) is 0 Å². The summed E-state index contributed by atoms with van der Waals surface area (Å²) in [5, 5.41) is 0. The smallest absolute Gasteiger partial charge is 0.226 e. The second-order valence-electron chi connectivity index (χ2n) is 6.22. The highest BCUT2D eigenvalue weighted by Gasteiger charge is 2.29. The number of rotatable bonds is 4. The van der Waals surface area contributed by atoms with Crippen molar-refractivity contribution >= 4 is 17.9 Å². The molecular weight excluding hydrogens is 268 g/mol. The third-order valence-electron chi connectivity index (χ3n) is 4.31. The molecule has 0 bridgehead atoms. The fourth-order valence-corrected chi connectivity index (χ4v) is 3.89. The molecule has 3 nitrogen and oxygen atoms in total. The first-order chi connectivity index (χ1) is 9.63. The summed E-state index contributed by atoms with van der Waals surface area (Å²) in [6.45, 7) is 6.39. The average molecular weight is 301 g/mol. The van der Waals surface area contributed by atoms with Crippen molar-refractivity contribution in [3.8, 4) is 0 Å². The Morgan fingerprint density at radius 1 is 1.25 bits per heavy atom. The highest BCUT2D eigenvalue weighted by atomic mass is 32.2. The van der Waals surface area contributed by atoms with E-state index in [1.165, 1.54) is 76.9 Å². The minimum absolute atomic E-state index is 0.0381. The van der Waals surface area contributed by atoms with Crippen LogP contribution in [0.15, 0.2) is 0 Å². The number of likely N-dealkylation sites (tertiary alicyclic amines) is 1. The molecule has 4 heteroatoms. The van der Waals surface area contributed by atoms with Gasteiger partial charge >= 0.3 is 0 Å². The fraction of sp³-hybridized carbons (Fsp3) is 0.938. The molecule has 1 saturated heterocycles. The Kier molecular flexibility index (Phi) is 9.36. The summed E-state index contributed by atoms with van der Waals surface area (Å²) >= 11 is 1.49. The lowest BCUT2D eigenvalue weighted by Gasteiger charge is -2.39. The monoisotopic (exact) mass is 300 g/mol. The number of carbonyl (C=O) groups is 1. The van der Waals surface area contributed by atoms with Gasteiger partial charge in [-0.05, 0) is 44.7 Å². The van der Waals surface area contributed by atoms with Gasteiger partial charge in [-0.2, -0.15) is 0 Å². The number of nitrogens with one attached hydrogen (secondary N) is 1. The van der Waals surface area contributed by atoms with Crippen LogP contribution in [0.25, 0.3) is 0 Å². The van der Waals surface area contributed by atoms with Crippen LogP contribution in [0.1, 0.15) is 58.8 Å². The summed E-state index contributed by atoms with van der Waals surface area (Å²) < 4.78 is 2.66. The number of carbonyl (C=O) groups excluding carboxylic acids is 1. The molecule has 0 aromatic heterocycles. The van der Waals surface area contributed by atoms with Crippen molar-refractivity contribution in [2.45, 2.75) is 58.8 Å². The molecule has 0 aromatic carbocycles. The zero-order chi connectivity index (χ0) is 14.8. The summed E-state index contributed by atoms with van der Waals surface area (Å²) in [6, 6.07) is 0. The first kappa shape index (κ1) is 17.8. The van der Waals surface area contributed by atoms with Gasteiger partial charge in [-0.15, -0.1) is 0 Å². The largest absolute Gasteiger partial charge is 0.306 e. The molecule has 2 aliphatic rings. The molecule has 0 spiro atoms. The molecule has 0 radical (unpaired) electrons. The summed E-state index contributed by atoms with van der Waals surface area (Å²) in [5.74, 6) is 3.22. The number of hydrogen-bond donors (Lipinski definition) is 1. The van der Waals surface area contributed by atoms with E-state index in [0.717, 1.165) is 17.6 Å². The van der Waals surface area contributed by atoms with Crippen molar-refractivity contribution in [3.05, 3.63) is 0 Å². The molecule has 118 valence electrons. The molecule has 2 atom stereocenters. The number of nitrogens with zero attached hydrogens (tertiary/aromatic N) is 1. The first-order valence-corrected chi connectivity index (χ1v) is 9.19. The number of unbranched alkanes of at least 4 members (excludes halogenated alkanes) is 1. The van der Waals surface area contributed by atoms with Crippen LogP contribution in [0.2, 0.25) is 0 Å². The molecule has 1 heterocycles. The van der Waals surface area contributed by atoms with Gasteiger partial charge in [-0.3, -0.25) is 4.79 Å². The predicted octanol–water partition coefficient (Wildman–Crippen LogP) is 3.70. The molecule has 0 aromatic rings. The predicted molar refractivity (Wildman–Crippen MR) is 88.7 cm³/mol. The van der Waals surface area contributed by atoms with Gasteiger partial charge in [-0.1, -0.05) is 44.6 Å². The van der Waals surface area contributed by atoms with Gasteiger partial charge < -0.3 is 9.62 Å². The zero-order valence-corrected chi connectivity index (χ0v) is 14.3. The molecule has 20 heavy (non-hydrogen) atoms. The van der Waals surface area contributed by atoms with Crippen LogP contribution in [-0.4, -0.2) is 36.7 Å². The van der Waals surface area contributed by atoms with Crippen molar-refractivity contribution in [2.24, 2.45) is 11.8 Å². The van der Waals surface area contributed by atoms with E-state index in [9.17, 15) is 4.79 Å². The maximum absolute atomic E-state index is 10.3. The maximum atomic E-state index is 10.3. The molecular formula is C16H32N2OS. The third-order valence-corrected chi connectivity index (χ3v) is 5.23. The zero-order valence-electron chi connectivity index (χ0n) is 13.5. The van der Waals surface area contributed by atoms with Crippen LogP contribution in [0.3, 0.4) is 0 Å². The van der Waals surface area contributed by atoms with E-state index in [-0.39, 0.29) is 5.91 Å². The lowest BCUT2D eigenvalue weighted by atomic mass is 9.75. The number of fused-ring (bicyclic) bond motifs is 1. The van der Waals surface area contributed by atoms with E-state index in [1.807, 2.05) is 0 Å². The Morgan fingerprint density at radius 2 is 1.95 bits per heavy atom. The number of hydrogen-bond acceptors (Lipinski definition) is 3.